The van der Waals surface area contributed by atoms with Crippen molar-refractivity contribution < 1.29 is 9.90 Å². The smallest absolute Gasteiger partial charge is 0.338 e. The molecule has 2 rings (SSSR count). The highest BCUT2D eigenvalue weighted by Crippen LogP contribution is 2.40. The molecule has 1 aromatic carbocycles. The van der Waals surface area contributed by atoms with E-state index in [1.807, 2.05) is 12.1 Å². The normalized spacial score (nSPS) is 21.8. The number of hydrogen-bond acceptors (Lipinski definition) is 2. The van der Waals surface area contributed by atoms with Gasteiger partial charge in [-0.2, -0.15) is 0 Å². The lowest BCUT2D eigenvalue weighted by Crippen LogP contribution is -2.31. The number of carbonyl (C=O) groups is 1. The monoisotopic (exact) mass is 311 g/mol. The van der Waals surface area contributed by atoms with Crippen LogP contribution >= 0.6 is 15.9 Å². The number of anilines is 1. The Kier molecular flexibility index (Phi) is 3.66. The van der Waals surface area contributed by atoms with Gasteiger partial charge in [0.15, 0.2) is 0 Å². The molecule has 1 atom stereocenters. The lowest BCUT2D eigenvalue weighted by Gasteiger charge is -2.29. The van der Waals surface area contributed by atoms with E-state index >= 15 is 0 Å². The average Bonchev–Trinajstić information content (AvgIpc) is 2.58. The van der Waals surface area contributed by atoms with Gasteiger partial charge >= 0.3 is 5.97 Å². The first-order chi connectivity index (χ1) is 8.42. The fourth-order valence-electron chi connectivity index (χ4n) is 2.64. The van der Waals surface area contributed by atoms with Gasteiger partial charge in [0.05, 0.1) is 11.3 Å². The van der Waals surface area contributed by atoms with Crippen molar-refractivity contribution >= 4 is 27.6 Å². The minimum absolute atomic E-state index is 0.220. The van der Waals surface area contributed by atoms with Crippen LogP contribution in [-0.2, 0) is 0 Å². The molecule has 0 spiro atoms. The van der Waals surface area contributed by atoms with E-state index < -0.39 is 5.97 Å². The molecule has 1 saturated carbocycles. The molecule has 0 heterocycles. The Labute approximate surface area is 116 Å². The molecular formula is C14H18BrNO2. The van der Waals surface area contributed by atoms with Gasteiger partial charge in [-0.05, 0) is 46.3 Å². The van der Waals surface area contributed by atoms with Crippen LogP contribution in [0.25, 0.3) is 0 Å². The molecule has 2 N–H and O–H groups in total. The lowest BCUT2D eigenvalue weighted by molar-refractivity contribution is 0.0697. The fourth-order valence-corrected chi connectivity index (χ4v) is 3.18. The molecule has 1 aromatic rings. The number of nitrogens with one attached hydrogen (secondary N) is 1. The number of hydrogen-bond donors (Lipinski definition) is 2. The minimum Gasteiger partial charge on any atom is -0.478 e. The topological polar surface area (TPSA) is 49.3 Å². The molecule has 98 valence electrons. The van der Waals surface area contributed by atoms with Gasteiger partial charge in [0.1, 0.15) is 0 Å². The molecule has 0 radical (unpaired) electrons. The van der Waals surface area contributed by atoms with Crippen LogP contribution in [0.15, 0.2) is 22.7 Å². The van der Waals surface area contributed by atoms with Crippen molar-refractivity contribution in [2.45, 2.75) is 39.2 Å². The third-order valence-electron chi connectivity index (χ3n) is 3.81. The van der Waals surface area contributed by atoms with Gasteiger partial charge in [-0.15, -0.1) is 0 Å². The van der Waals surface area contributed by atoms with Crippen LogP contribution in [-0.4, -0.2) is 17.1 Å². The first-order valence-corrected chi connectivity index (χ1v) is 6.99. The standard InChI is InChI=1S/C14H18BrNO2/c1-14(2)8-4-7-11(14)16-10-6-3-5-9(15)12(10)13(17)18/h3,5-6,11,16H,4,7-8H2,1-2H3,(H,17,18). The zero-order valence-electron chi connectivity index (χ0n) is 10.7. The Balaban J connectivity index is 2.29. The molecule has 1 aliphatic rings. The Morgan fingerprint density at radius 2 is 2.22 bits per heavy atom. The first-order valence-electron chi connectivity index (χ1n) is 6.20. The molecular weight excluding hydrogens is 294 g/mol. The van der Waals surface area contributed by atoms with Gasteiger partial charge in [0, 0.05) is 10.5 Å². The Morgan fingerprint density at radius 1 is 1.50 bits per heavy atom. The van der Waals surface area contributed by atoms with Gasteiger partial charge < -0.3 is 10.4 Å². The molecule has 18 heavy (non-hydrogen) atoms. The van der Waals surface area contributed by atoms with E-state index in [4.69, 9.17) is 0 Å². The number of carboxylic acid groups (broad SMARTS) is 1. The van der Waals surface area contributed by atoms with Gasteiger partial charge in [-0.1, -0.05) is 26.3 Å². The third-order valence-corrected chi connectivity index (χ3v) is 4.48. The number of carboxylic acids is 1. The SMILES string of the molecule is CC1(C)CCCC1Nc1cccc(Br)c1C(=O)O. The summed E-state index contributed by atoms with van der Waals surface area (Å²) < 4.78 is 0.621. The zero-order valence-corrected chi connectivity index (χ0v) is 12.3. The summed E-state index contributed by atoms with van der Waals surface area (Å²) in [6.45, 7) is 4.46. The fraction of sp³-hybridized carbons (Fsp3) is 0.500. The number of rotatable bonds is 3. The minimum atomic E-state index is -0.902. The maximum atomic E-state index is 11.3. The van der Waals surface area contributed by atoms with E-state index in [-0.39, 0.29) is 5.41 Å². The van der Waals surface area contributed by atoms with Gasteiger partial charge in [0.2, 0.25) is 0 Å². The van der Waals surface area contributed by atoms with Crippen LogP contribution in [0.4, 0.5) is 5.69 Å². The first kappa shape index (κ1) is 13.4. The van der Waals surface area contributed by atoms with Crippen molar-refractivity contribution in [2.75, 3.05) is 5.32 Å². The predicted octanol–water partition coefficient (Wildman–Crippen LogP) is 4.14. The summed E-state index contributed by atoms with van der Waals surface area (Å²) in [7, 11) is 0. The van der Waals surface area contributed by atoms with Crippen LogP contribution < -0.4 is 5.32 Å². The molecule has 1 fully saturated rings. The van der Waals surface area contributed by atoms with Crippen LogP contribution in [0.1, 0.15) is 43.5 Å². The van der Waals surface area contributed by atoms with E-state index in [2.05, 4.69) is 35.1 Å². The molecule has 0 aromatic heterocycles. The van der Waals surface area contributed by atoms with E-state index in [9.17, 15) is 9.90 Å². The largest absolute Gasteiger partial charge is 0.478 e. The van der Waals surface area contributed by atoms with E-state index in [1.165, 1.54) is 12.8 Å². The van der Waals surface area contributed by atoms with Crippen molar-refractivity contribution in [3.8, 4) is 0 Å². The maximum Gasteiger partial charge on any atom is 0.338 e. The van der Waals surface area contributed by atoms with E-state index in [0.717, 1.165) is 6.42 Å². The Hall–Kier alpha value is -1.03. The van der Waals surface area contributed by atoms with Crippen LogP contribution in [0.5, 0.6) is 0 Å². The van der Waals surface area contributed by atoms with Crippen LogP contribution in [0.3, 0.4) is 0 Å². The Bertz CT molecular complexity index is 471. The van der Waals surface area contributed by atoms with Crippen molar-refractivity contribution in [3.05, 3.63) is 28.2 Å². The number of aromatic carboxylic acids is 1. The quantitative estimate of drug-likeness (QED) is 0.882. The van der Waals surface area contributed by atoms with Crippen LogP contribution in [0, 0.1) is 5.41 Å². The highest BCUT2D eigenvalue weighted by Gasteiger charge is 2.35. The summed E-state index contributed by atoms with van der Waals surface area (Å²) in [5.74, 6) is -0.902. The van der Waals surface area contributed by atoms with Gasteiger partial charge in [-0.25, -0.2) is 4.79 Å². The number of halogens is 1. The van der Waals surface area contributed by atoms with E-state index in [0.29, 0.717) is 21.8 Å². The van der Waals surface area contributed by atoms with Crippen molar-refractivity contribution in [2.24, 2.45) is 5.41 Å². The van der Waals surface area contributed by atoms with Crippen molar-refractivity contribution in [3.63, 3.8) is 0 Å². The van der Waals surface area contributed by atoms with Crippen molar-refractivity contribution in [1.82, 2.24) is 0 Å². The molecule has 0 aliphatic heterocycles. The van der Waals surface area contributed by atoms with Gasteiger partial charge in [-0.3, -0.25) is 0 Å². The number of benzene rings is 1. The summed E-state index contributed by atoms with van der Waals surface area (Å²) in [6.07, 6.45) is 3.47. The van der Waals surface area contributed by atoms with Gasteiger partial charge in [0.25, 0.3) is 0 Å². The third kappa shape index (κ3) is 2.53. The zero-order chi connectivity index (χ0) is 13.3. The molecule has 4 heteroatoms. The van der Waals surface area contributed by atoms with Crippen molar-refractivity contribution in [1.29, 1.82) is 0 Å². The predicted molar refractivity (Wildman–Crippen MR) is 76.1 cm³/mol. The summed E-state index contributed by atoms with van der Waals surface area (Å²) >= 11 is 3.30. The highest BCUT2D eigenvalue weighted by atomic mass is 79.9. The summed E-state index contributed by atoms with van der Waals surface area (Å²) in [6, 6.07) is 5.79. The second-order valence-corrected chi connectivity index (χ2v) is 6.40. The molecule has 0 amide bonds. The summed E-state index contributed by atoms with van der Waals surface area (Å²) in [5, 5.41) is 12.7. The second kappa shape index (κ2) is 4.92. The molecule has 1 unspecified atom stereocenters. The summed E-state index contributed by atoms with van der Waals surface area (Å²) in [4.78, 5) is 11.3. The maximum absolute atomic E-state index is 11.3. The van der Waals surface area contributed by atoms with E-state index in [1.54, 1.807) is 6.07 Å². The average molecular weight is 312 g/mol. The molecule has 0 bridgehead atoms. The molecule has 3 nitrogen and oxygen atoms in total. The highest BCUT2D eigenvalue weighted by molar-refractivity contribution is 9.10. The Morgan fingerprint density at radius 3 is 2.78 bits per heavy atom. The second-order valence-electron chi connectivity index (χ2n) is 5.55. The summed E-state index contributed by atoms with van der Waals surface area (Å²) in [5.41, 5.74) is 1.25. The molecule has 1 aliphatic carbocycles. The molecule has 0 saturated heterocycles. The van der Waals surface area contributed by atoms with Crippen LogP contribution in [0.2, 0.25) is 0 Å². The lowest BCUT2D eigenvalue weighted by atomic mass is 9.87.